The molecule has 1 fully saturated rings. The van der Waals surface area contributed by atoms with Crippen LogP contribution in [-0.4, -0.2) is 50.0 Å². The van der Waals surface area contributed by atoms with Crippen molar-refractivity contribution in [3.05, 3.63) is 28.2 Å². The molecule has 2 unspecified atom stereocenters. The third-order valence-corrected chi connectivity index (χ3v) is 4.97. The van der Waals surface area contributed by atoms with Gasteiger partial charge in [-0.25, -0.2) is 13.1 Å². The Labute approximate surface area is 136 Å². The lowest BCUT2D eigenvalue weighted by atomic mass is 10.1. The number of anilines is 1. The smallest absolute Gasteiger partial charge is 0.256 e. The summed E-state index contributed by atoms with van der Waals surface area (Å²) < 4.78 is 25.9. The Morgan fingerprint density at radius 3 is 2.77 bits per heavy atom. The molecule has 0 aliphatic carbocycles. The maximum atomic E-state index is 12.7. The SMILES string of the molecule is CS(=O)(=O)NC1CC2C(=O)Nc3ccc(Br)cc3C(=O)N2C1. The summed E-state index contributed by atoms with van der Waals surface area (Å²) in [4.78, 5) is 26.4. The molecular formula is C13H14BrN3O4S. The number of carbonyl (C=O) groups is 2. The molecule has 2 amide bonds. The summed E-state index contributed by atoms with van der Waals surface area (Å²) in [6.07, 6.45) is 1.32. The molecule has 2 N–H and O–H groups in total. The molecule has 118 valence electrons. The fourth-order valence-corrected chi connectivity index (χ4v) is 4.01. The fourth-order valence-electron chi connectivity index (χ4n) is 2.87. The quantitative estimate of drug-likeness (QED) is 0.773. The largest absolute Gasteiger partial charge is 0.325 e. The lowest BCUT2D eigenvalue weighted by Gasteiger charge is -2.20. The van der Waals surface area contributed by atoms with Crippen molar-refractivity contribution in [2.75, 3.05) is 18.1 Å². The Hall–Kier alpha value is -1.45. The Bertz CT molecular complexity index is 765. The zero-order valence-corrected chi connectivity index (χ0v) is 14.1. The number of sulfonamides is 1. The molecule has 1 aromatic carbocycles. The van der Waals surface area contributed by atoms with Crippen molar-refractivity contribution in [2.45, 2.75) is 18.5 Å². The Morgan fingerprint density at radius 2 is 2.09 bits per heavy atom. The van der Waals surface area contributed by atoms with E-state index in [9.17, 15) is 18.0 Å². The van der Waals surface area contributed by atoms with Gasteiger partial charge in [-0.15, -0.1) is 0 Å². The van der Waals surface area contributed by atoms with Gasteiger partial charge in [-0.1, -0.05) is 15.9 Å². The average Bonchev–Trinajstić information content (AvgIpc) is 2.78. The van der Waals surface area contributed by atoms with Gasteiger partial charge in [0.2, 0.25) is 15.9 Å². The molecule has 7 nitrogen and oxygen atoms in total. The van der Waals surface area contributed by atoms with E-state index in [1.54, 1.807) is 18.2 Å². The fraction of sp³-hybridized carbons (Fsp3) is 0.385. The summed E-state index contributed by atoms with van der Waals surface area (Å²) in [7, 11) is -3.39. The second-order valence-electron chi connectivity index (χ2n) is 5.48. The lowest BCUT2D eigenvalue weighted by Crippen LogP contribution is -2.41. The summed E-state index contributed by atoms with van der Waals surface area (Å²) in [6, 6.07) is 3.94. The van der Waals surface area contributed by atoms with Crippen molar-refractivity contribution in [1.82, 2.24) is 9.62 Å². The predicted molar refractivity (Wildman–Crippen MR) is 84.0 cm³/mol. The first-order valence-electron chi connectivity index (χ1n) is 6.63. The highest BCUT2D eigenvalue weighted by molar-refractivity contribution is 9.10. The van der Waals surface area contributed by atoms with E-state index in [2.05, 4.69) is 26.0 Å². The van der Waals surface area contributed by atoms with E-state index in [-0.39, 0.29) is 24.8 Å². The van der Waals surface area contributed by atoms with Crippen LogP contribution in [0.1, 0.15) is 16.8 Å². The van der Waals surface area contributed by atoms with Crippen molar-refractivity contribution in [3.63, 3.8) is 0 Å². The normalized spacial score (nSPS) is 24.5. The van der Waals surface area contributed by atoms with Crippen molar-refractivity contribution >= 4 is 43.5 Å². The molecule has 3 rings (SSSR count). The molecule has 1 saturated heterocycles. The third kappa shape index (κ3) is 2.88. The van der Waals surface area contributed by atoms with E-state index >= 15 is 0 Å². The number of carbonyl (C=O) groups excluding carboxylic acids is 2. The van der Waals surface area contributed by atoms with Crippen molar-refractivity contribution in [3.8, 4) is 0 Å². The minimum absolute atomic E-state index is 0.177. The molecule has 0 spiro atoms. The van der Waals surface area contributed by atoms with Gasteiger partial charge in [-0.05, 0) is 24.6 Å². The number of rotatable bonds is 2. The molecule has 9 heteroatoms. The highest BCUT2D eigenvalue weighted by Gasteiger charge is 2.43. The number of hydrogen-bond acceptors (Lipinski definition) is 4. The standard InChI is InChI=1S/C13H14BrN3O4S/c1-22(20,21)16-8-5-11-12(18)15-10-3-2-7(14)4-9(10)13(19)17(11)6-8/h2-4,8,11,16H,5-6H2,1H3,(H,15,18). The maximum absolute atomic E-state index is 12.7. The Balaban J connectivity index is 1.94. The molecule has 1 aromatic rings. The van der Waals surface area contributed by atoms with Gasteiger partial charge in [0.05, 0.1) is 17.5 Å². The summed E-state index contributed by atoms with van der Waals surface area (Å²) >= 11 is 3.31. The Kier molecular flexibility index (Phi) is 3.74. The van der Waals surface area contributed by atoms with Crippen LogP contribution < -0.4 is 10.0 Å². The first-order valence-corrected chi connectivity index (χ1v) is 9.32. The van der Waals surface area contributed by atoms with Gasteiger partial charge >= 0.3 is 0 Å². The number of amides is 2. The van der Waals surface area contributed by atoms with Crippen LogP contribution in [0, 0.1) is 0 Å². The van der Waals surface area contributed by atoms with Crippen LogP contribution in [-0.2, 0) is 14.8 Å². The van der Waals surface area contributed by atoms with Crippen LogP contribution in [0.15, 0.2) is 22.7 Å². The van der Waals surface area contributed by atoms with E-state index in [0.717, 1.165) is 10.7 Å². The molecular weight excluding hydrogens is 374 g/mol. The number of fused-ring (bicyclic) bond motifs is 2. The maximum Gasteiger partial charge on any atom is 0.256 e. The van der Waals surface area contributed by atoms with E-state index in [0.29, 0.717) is 11.3 Å². The molecule has 2 aliphatic heterocycles. The number of nitrogens with zero attached hydrogens (tertiary/aromatic N) is 1. The van der Waals surface area contributed by atoms with Crippen LogP contribution in [0.5, 0.6) is 0 Å². The molecule has 2 atom stereocenters. The number of nitrogens with one attached hydrogen (secondary N) is 2. The zero-order valence-electron chi connectivity index (χ0n) is 11.7. The number of hydrogen-bond donors (Lipinski definition) is 2. The highest BCUT2D eigenvalue weighted by atomic mass is 79.9. The monoisotopic (exact) mass is 387 g/mol. The van der Waals surface area contributed by atoms with Gasteiger partial charge in [0.25, 0.3) is 5.91 Å². The van der Waals surface area contributed by atoms with Crippen LogP contribution in [0.4, 0.5) is 5.69 Å². The average molecular weight is 388 g/mol. The molecule has 2 aliphatic rings. The van der Waals surface area contributed by atoms with E-state index in [1.807, 2.05) is 0 Å². The molecule has 22 heavy (non-hydrogen) atoms. The number of halogens is 1. The highest BCUT2D eigenvalue weighted by Crippen LogP contribution is 2.30. The van der Waals surface area contributed by atoms with Crippen LogP contribution in [0.2, 0.25) is 0 Å². The van der Waals surface area contributed by atoms with Crippen molar-refractivity contribution in [1.29, 1.82) is 0 Å². The zero-order chi connectivity index (χ0) is 16.1. The van der Waals surface area contributed by atoms with Crippen LogP contribution >= 0.6 is 15.9 Å². The van der Waals surface area contributed by atoms with E-state index in [4.69, 9.17) is 0 Å². The summed E-state index contributed by atoms with van der Waals surface area (Å²) in [5.41, 5.74) is 0.866. The topological polar surface area (TPSA) is 95.6 Å². The molecule has 2 heterocycles. The lowest BCUT2D eigenvalue weighted by molar-refractivity contribution is -0.119. The molecule has 0 aromatic heterocycles. The minimum Gasteiger partial charge on any atom is -0.325 e. The van der Waals surface area contributed by atoms with Crippen LogP contribution in [0.25, 0.3) is 0 Å². The first-order chi connectivity index (χ1) is 10.2. The third-order valence-electron chi connectivity index (χ3n) is 3.72. The summed E-state index contributed by atoms with van der Waals surface area (Å²) in [6.45, 7) is 0.177. The van der Waals surface area contributed by atoms with Gasteiger partial charge in [0, 0.05) is 17.1 Å². The first kappa shape index (κ1) is 15.4. The van der Waals surface area contributed by atoms with Gasteiger partial charge in [-0.3, -0.25) is 9.59 Å². The molecule has 0 radical (unpaired) electrons. The second-order valence-corrected chi connectivity index (χ2v) is 8.17. The van der Waals surface area contributed by atoms with Crippen LogP contribution in [0.3, 0.4) is 0 Å². The second kappa shape index (κ2) is 5.32. The van der Waals surface area contributed by atoms with Crippen molar-refractivity contribution < 1.29 is 18.0 Å². The molecule has 0 bridgehead atoms. The van der Waals surface area contributed by atoms with Gasteiger partial charge in [-0.2, -0.15) is 0 Å². The van der Waals surface area contributed by atoms with Gasteiger partial charge in [0.1, 0.15) is 6.04 Å². The summed E-state index contributed by atoms with van der Waals surface area (Å²) in [5, 5.41) is 2.74. The minimum atomic E-state index is -3.39. The van der Waals surface area contributed by atoms with Gasteiger partial charge < -0.3 is 10.2 Å². The summed E-state index contributed by atoms with van der Waals surface area (Å²) in [5.74, 6) is -0.579. The number of benzene rings is 1. The van der Waals surface area contributed by atoms with Crippen molar-refractivity contribution in [2.24, 2.45) is 0 Å². The Morgan fingerprint density at radius 1 is 1.36 bits per heavy atom. The van der Waals surface area contributed by atoms with E-state index in [1.165, 1.54) is 4.90 Å². The predicted octanol–water partition coefficient (Wildman–Crippen LogP) is 0.534. The van der Waals surface area contributed by atoms with Gasteiger partial charge in [0.15, 0.2) is 0 Å². The van der Waals surface area contributed by atoms with E-state index < -0.39 is 22.1 Å². The molecule has 0 saturated carbocycles.